The molecular weight excluding hydrogens is 653 g/mol. The molecule has 0 N–H and O–H groups in total. The molecule has 9 aromatic carbocycles. The Balaban J connectivity index is 1.16. The highest BCUT2D eigenvalue weighted by Gasteiger charge is 2.20. The zero-order valence-electron chi connectivity index (χ0n) is 29.7. The molecule has 0 bridgehead atoms. The molecule has 0 saturated heterocycles. The highest BCUT2D eigenvalue weighted by Crippen LogP contribution is 2.43. The van der Waals surface area contributed by atoms with Crippen molar-refractivity contribution in [3.05, 3.63) is 218 Å². The van der Waals surface area contributed by atoms with E-state index in [1.165, 1.54) is 60.4 Å². The summed E-state index contributed by atoms with van der Waals surface area (Å²) in [5.74, 6) is 0. The smallest absolute Gasteiger partial charge is 0.0562 e. The number of anilines is 3. The molecule has 1 heterocycles. The average Bonchev–Trinajstić information content (AvgIpc) is 3.59. The van der Waals surface area contributed by atoms with Crippen molar-refractivity contribution in [2.45, 2.75) is 0 Å². The van der Waals surface area contributed by atoms with Gasteiger partial charge in [-0.2, -0.15) is 0 Å². The van der Waals surface area contributed by atoms with Crippen LogP contribution in [0.3, 0.4) is 0 Å². The number of nitrogens with zero attached hydrogens (tertiary/aromatic N) is 2. The number of rotatable bonds is 7. The summed E-state index contributed by atoms with van der Waals surface area (Å²) in [6.07, 6.45) is 0. The van der Waals surface area contributed by atoms with E-state index < -0.39 is 0 Å². The fraction of sp³-hybridized carbons (Fsp3) is 0. The molecule has 2 nitrogen and oxygen atoms in total. The molecule has 10 aromatic rings. The predicted octanol–water partition coefficient (Wildman–Crippen LogP) is 14.4. The van der Waals surface area contributed by atoms with Gasteiger partial charge in [-0.25, -0.2) is 0 Å². The van der Waals surface area contributed by atoms with E-state index in [2.05, 4.69) is 228 Å². The Morgan fingerprint density at radius 1 is 0.315 bits per heavy atom. The summed E-state index contributed by atoms with van der Waals surface area (Å²) >= 11 is 0. The summed E-state index contributed by atoms with van der Waals surface area (Å²) in [6, 6.07) is 78.9. The van der Waals surface area contributed by atoms with Crippen LogP contribution in [0.15, 0.2) is 218 Å². The van der Waals surface area contributed by atoms with Crippen LogP contribution < -0.4 is 4.90 Å². The number of aromatic nitrogens is 1. The number of hydrogen-bond donors (Lipinski definition) is 0. The Labute approximate surface area is 315 Å². The fourth-order valence-electron chi connectivity index (χ4n) is 7.96. The quantitative estimate of drug-likeness (QED) is 0.162. The van der Waals surface area contributed by atoms with Crippen LogP contribution in [0.1, 0.15) is 0 Å². The summed E-state index contributed by atoms with van der Waals surface area (Å²) < 4.78 is 2.42. The largest absolute Gasteiger partial charge is 0.310 e. The van der Waals surface area contributed by atoms with Gasteiger partial charge in [0, 0.05) is 33.5 Å². The third-order valence-electron chi connectivity index (χ3n) is 10.6. The summed E-state index contributed by atoms with van der Waals surface area (Å²) in [4.78, 5) is 2.38. The van der Waals surface area contributed by atoms with Crippen LogP contribution in [0.2, 0.25) is 0 Å². The maximum atomic E-state index is 2.42. The van der Waals surface area contributed by atoms with Gasteiger partial charge < -0.3 is 9.47 Å². The van der Waals surface area contributed by atoms with Gasteiger partial charge in [-0.3, -0.25) is 0 Å². The second-order valence-corrected chi connectivity index (χ2v) is 13.8. The normalized spacial score (nSPS) is 11.3. The third-order valence-corrected chi connectivity index (χ3v) is 10.6. The van der Waals surface area contributed by atoms with Gasteiger partial charge in [-0.1, -0.05) is 158 Å². The lowest BCUT2D eigenvalue weighted by atomic mass is 9.99. The molecule has 0 spiro atoms. The lowest BCUT2D eigenvalue weighted by molar-refractivity contribution is 1.18. The van der Waals surface area contributed by atoms with E-state index in [1.807, 2.05) is 0 Å². The van der Waals surface area contributed by atoms with Crippen LogP contribution in [-0.2, 0) is 0 Å². The molecule has 0 atom stereocenters. The Kier molecular flexibility index (Phi) is 7.85. The van der Waals surface area contributed by atoms with Gasteiger partial charge in [0.1, 0.15) is 0 Å². The average molecular weight is 689 g/mol. The Bertz CT molecular complexity index is 2890. The van der Waals surface area contributed by atoms with Gasteiger partial charge in [-0.15, -0.1) is 0 Å². The van der Waals surface area contributed by atoms with Crippen molar-refractivity contribution >= 4 is 49.6 Å². The van der Waals surface area contributed by atoms with Crippen molar-refractivity contribution in [1.29, 1.82) is 0 Å². The van der Waals surface area contributed by atoms with E-state index in [9.17, 15) is 0 Å². The minimum Gasteiger partial charge on any atom is -0.310 e. The molecule has 0 radical (unpaired) electrons. The first-order valence-electron chi connectivity index (χ1n) is 18.5. The van der Waals surface area contributed by atoms with Gasteiger partial charge in [0.2, 0.25) is 0 Å². The predicted molar refractivity (Wildman–Crippen MR) is 229 cm³/mol. The van der Waals surface area contributed by atoms with Crippen molar-refractivity contribution in [1.82, 2.24) is 4.57 Å². The highest BCUT2D eigenvalue weighted by atomic mass is 15.1. The number of benzene rings is 9. The van der Waals surface area contributed by atoms with Crippen LogP contribution >= 0.6 is 0 Å². The van der Waals surface area contributed by atoms with Gasteiger partial charge >= 0.3 is 0 Å². The van der Waals surface area contributed by atoms with E-state index in [1.54, 1.807) is 0 Å². The molecule has 10 rings (SSSR count). The second-order valence-electron chi connectivity index (χ2n) is 13.8. The third kappa shape index (κ3) is 5.62. The molecule has 0 unspecified atom stereocenters. The molecule has 0 fully saturated rings. The number of hydrogen-bond acceptors (Lipinski definition) is 1. The van der Waals surface area contributed by atoms with Crippen molar-refractivity contribution < 1.29 is 0 Å². The van der Waals surface area contributed by atoms with Gasteiger partial charge in [-0.05, 0) is 105 Å². The second kappa shape index (κ2) is 13.4. The molecular formula is C52H36N2. The van der Waals surface area contributed by atoms with Crippen LogP contribution in [0.5, 0.6) is 0 Å². The summed E-state index contributed by atoms with van der Waals surface area (Å²) in [7, 11) is 0. The molecule has 0 saturated carbocycles. The first-order chi connectivity index (χ1) is 26.8. The highest BCUT2D eigenvalue weighted by molar-refractivity contribution is 6.16. The minimum absolute atomic E-state index is 1.09. The molecule has 254 valence electrons. The number of para-hydroxylation sites is 1. The van der Waals surface area contributed by atoms with Gasteiger partial charge in [0.05, 0.1) is 11.0 Å². The van der Waals surface area contributed by atoms with Gasteiger partial charge in [0.25, 0.3) is 0 Å². The SMILES string of the molecule is c1ccc(-c2ccc(N(c3ccc(-c4ccc5ccccc5c4)cc3)c3ccc4c5c(-c6ccccc6)cccc5n(-c5ccccc5)c4c3)cc2)cc1. The van der Waals surface area contributed by atoms with E-state index in [0.717, 1.165) is 28.3 Å². The topological polar surface area (TPSA) is 8.17 Å². The van der Waals surface area contributed by atoms with Crippen molar-refractivity contribution in [2.75, 3.05) is 4.90 Å². The van der Waals surface area contributed by atoms with Crippen molar-refractivity contribution in [2.24, 2.45) is 0 Å². The zero-order chi connectivity index (χ0) is 35.8. The summed E-state index contributed by atoms with van der Waals surface area (Å²) in [5.41, 5.74) is 14.0. The molecule has 0 aliphatic rings. The maximum absolute atomic E-state index is 2.42. The molecule has 0 amide bonds. The monoisotopic (exact) mass is 688 g/mol. The Morgan fingerprint density at radius 2 is 0.852 bits per heavy atom. The standard InChI is InChI=1S/C52H36N2/c1-4-13-37(14-5-1)39-25-29-45(30-26-39)53(46-31-27-40(28-32-46)43-24-23-38-15-10-11-18-42(38)35-43)47-33-34-49-51(36-47)54(44-19-8-3-9-20-44)50-22-12-21-48(52(49)50)41-16-6-2-7-17-41/h1-36H. The van der Waals surface area contributed by atoms with Crippen LogP contribution in [-0.4, -0.2) is 4.57 Å². The minimum atomic E-state index is 1.09. The van der Waals surface area contributed by atoms with Crippen LogP contribution in [0.4, 0.5) is 17.1 Å². The zero-order valence-corrected chi connectivity index (χ0v) is 29.7. The molecule has 2 heteroatoms. The van der Waals surface area contributed by atoms with Gasteiger partial charge in [0.15, 0.2) is 0 Å². The number of fused-ring (bicyclic) bond motifs is 4. The molecule has 0 aliphatic heterocycles. The summed E-state index contributed by atoms with van der Waals surface area (Å²) in [5, 5.41) is 4.98. The van der Waals surface area contributed by atoms with Crippen LogP contribution in [0, 0.1) is 0 Å². The van der Waals surface area contributed by atoms with E-state index in [4.69, 9.17) is 0 Å². The summed E-state index contributed by atoms with van der Waals surface area (Å²) in [6.45, 7) is 0. The van der Waals surface area contributed by atoms with E-state index in [0.29, 0.717) is 0 Å². The van der Waals surface area contributed by atoms with Crippen molar-refractivity contribution in [3.63, 3.8) is 0 Å². The fourth-order valence-corrected chi connectivity index (χ4v) is 7.96. The van der Waals surface area contributed by atoms with Crippen molar-refractivity contribution in [3.8, 4) is 39.1 Å². The lowest BCUT2D eigenvalue weighted by Gasteiger charge is -2.26. The Hall–Kier alpha value is -7.16. The first-order valence-corrected chi connectivity index (χ1v) is 18.5. The van der Waals surface area contributed by atoms with E-state index in [-0.39, 0.29) is 0 Å². The molecule has 0 aliphatic carbocycles. The maximum Gasteiger partial charge on any atom is 0.0562 e. The molecule has 1 aromatic heterocycles. The Morgan fingerprint density at radius 3 is 1.54 bits per heavy atom. The first kappa shape index (κ1) is 31.6. The van der Waals surface area contributed by atoms with Crippen LogP contribution in [0.25, 0.3) is 71.6 Å². The van der Waals surface area contributed by atoms with E-state index >= 15 is 0 Å². The lowest BCUT2D eigenvalue weighted by Crippen LogP contribution is -2.10. The molecule has 54 heavy (non-hydrogen) atoms.